The van der Waals surface area contributed by atoms with Gasteiger partial charge in [0, 0.05) is 23.8 Å². The number of pyridine rings is 2. The van der Waals surface area contributed by atoms with E-state index in [9.17, 15) is 0 Å². The molecule has 3 heterocycles. The molecule has 4 rings (SSSR count). The predicted molar refractivity (Wildman–Crippen MR) is 99.6 cm³/mol. The minimum absolute atomic E-state index is 0.613. The maximum atomic E-state index is 5.92. The van der Waals surface area contributed by atoms with Crippen molar-refractivity contribution in [3.05, 3.63) is 60.4 Å². The molecular weight excluding hydrogens is 312 g/mol. The summed E-state index contributed by atoms with van der Waals surface area (Å²) in [5, 5.41) is 0. The summed E-state index contributed by atoms with van der Waals surface area (Å²) in [4.78, 5) is 18.4. The van der Waals surface area contributed by atoms with Crippen LogP contribution in [0.4, 0.5) is 11.4 Å². The van der Waals surface area contributed by atoms with Crippen LogP contribution in [0, 0.1) is 6.92 Å². The Kier molecular flexibility index (Phi) is 3.50. The third-order valence-corrected chi connectivity index (χ3v) is 3.87. The first-order valence-corrected chi connectivity index (χ1v) is 7.82. The van der Waals surface area contributed by atoms with Crippen molar-refractivity contribution in [3.63, 3.8) is 0 Å². The molecule has 0 saturated heterocycles. The van der Waals surface area contributed by atoms with Crippen LogP contribution >= 0.6 is 0 Å². The molecule has 6 heteroatoms. The quantitative estimate of drug-likeness (QED) is 0.585. The van der Waals surface area contributed by atoms with Crippen molar-refractivity contribution in [3.8, 4) is 22.8 Å². The van der Waals surface area contributed by atoms with Gasteiger partial charge in [-0.2, -0.15) is 0 Å². The molecule has 0 unspecified atom stereocenters. The predicted octanol–water partition coefficient (Wildman–Crippen LogP) is 3.23. The molecule has 4 N–H and O–H groups in total. The Hall–Kier alpha value is -3.54. The molecule has 0 radical (unpaired) electrons. The maximum absolute atomic E-state index is 5.92. The highest BCUT2D eigenvalue weighted by molar-refractivity contribution is 5.85. The normalized spacial score (nSPS) is 10.9. The molecule has 3 aromatic heterocycles. The van der Waals surface area contributed by atoms with Crippen LogP contribution in [-0.4, -0.2) is 19.9 Å². The molecule has 1 aromatic carbocycles. The lowest BCUT2D eigenvalue weighted by molar-refractivity contribution is 1.21. The van der Waals surface area contributed by atoms with Gasteiger partial charge in [0.15, 0.2) is 0 Å². The minimum Gasteiger partial charge on any atom is -0.399 e. The molecule has 25 heavy (non-hydrogen) atoms. The molecule has 0 aliphatic carbocycles. The van der Waals surface area contributed by atoms with Gasteiger partial charge in [0.05, 0.1) is 22.4 Å². The summed E-state index contributed by atoms with van der Waals surface area (Å²) in [7, 11) is 0. The molecule has 0 bridgehead atoms. The fourth-order valence-electron chi connectivity index (χ4n) is 2.67. The Morgan fingerprint density at radius 3 is 1.80 bits per heavy atom. The maximum Gasteiger partial charge on any atom is 0.117 e. The van der Waals surface area contributed by atoms with E-state index in [1.54, 1.807) is 36.7 Å². The number of benzene rings is 1. The number of rotatable bonds is 2. The van der Waals surface area contributed by atoms with Crippen molar-refractivity contribution in [2.45, 2.75) is 6.92 Å². The molecule has 122 valence electrons. The topological polar surface area (TPSA) is 104 Å². The first-order chi connectivity index (χ1) is 12.1. The SMILES string of the molecule is Cc1ccc2nc(-c3cc(N)ccn3)c(-c3cc(N)ccn3)nc2c1. The van der Waals surface area contributed by atoms with E-state index in [-0.39, 0.29) is 0 Å². The monoisotopic (exact) mass is 328 g/mol. The molecule has 6 nitrogen and oxygen atoms in total. The number of aryl methyl sites for hydroxylation is 1. The van der Waals surface area contributed by atoms with Gasteiger partial charge in [-0.05, 0) is 48.9 Å². The summed E-state index contributed by atoms with van der Waals surface area (Å²) in [6, 6.07) is 13.0. The molecular formula is C19H16N6. The van der Waals surface area contributed by atoms with Crippen LogP contribution in [0.25, 0.3) is 33.8 Å². The highest BCUT2D eigenvalue weighted by atomic mass is 14.9. The lowest BCUT2D eigenvalue weighted by Crippen LogP contribution is -2.00. The molecule has 4 aromatic rings. The Morgan fingerprint density at radius 1 is 0.680 bits per heavy atom. The van der Waals surface area contributed by atoms with Gasteiger partial charge in [-0.3, -0.25) is 9.97 Å². The zero-order valence-electron chi connectivity index (χ0n) is 13.6. The number of fused-ring (bicyclic) bond motifs is 1. The summed E-state index contributed by atoms with van der Waals surface area (Å²) in [6.45, 7) is 2.02. The molecule has 0 saturated carbocycles. The molecule has 0 aliphatic rings. The van der Waals surface area contributed by atoms with Crippen molar-refractivity contribution in [1.82, 2.24) is 19.9 Å². The summed E-state index contributed by atoms with van der Waals surface area (Å²) >= 11 is 0. The van der Waals surface area contributed by atoms with Crippen LogP contribution in [0.3, 0.4) is 0 Å². The van der Waals surface area contributed by atoms with Crippen LogP contribution in [0.5, 0.6) is 0 Å². The Bertz CT molecular complexity index is 1090. The average molecular weight is 328 g/mol. The van der Waals surface area contributed by atoms with Gasteiger partial charge in [-0.15, -0.1) is 0 Å². The van der Waals surface area contributed by atoms with Crippen LogP contribution in [0.15, 0.2) is 54.9 Å². The number of aromatic nitrogens is 4. The van der Waals surface area contributed by atoms with Crippen LogP contribution < -0.4 is 11.5 Å². The van der Waals surface area contributed by atoms with Gasteiger partial charge in [0.25, 0.3) is 0 Å². The second-order valence-corrected chi connectivity index (χ2v) is 5.86. The summed E-state index contributed by atoms with van der Waals surface area (Å²) < 4.78 is 0. The van der Waals surface area contributed by atoms with Crippen LogP contribution in [-0.2, 0) is 0 Å². The third-order valence-electron chi connectivity index (χ3n) is 3.87. The van der Waals surface area contributed by atoms with Crippen molar-refractivity contribution in [2.24, 2.45) is 0 Å². The molecule has 0 aliphatic heterocycles. The molecule has 0 amide bonds. The number of nitrogen functional groups attached to an aromatic ring is 2. The average Bonchev–Trinajstić information content (AvgIpc) is 2.60. The first-order valence-electron chi connectivity index (χ1n) is 7.82. The molecule has 0 spiro atoms. The third kappa shape index (κ3) is 2.85. The number of hydrogen-bond acceptors (Lipinski definition) is 6. The largest absolute Gasteiger partial charge is 0.399 e. The Morgan fingerprint density at radius 2 is 1.24 bits per heavy atom. The van der Waals surface area contributed by atoms with Gasteiger partial charge in [-0.25, -0.2) is 9.97 Å². The standard InChI is InChI=1S/C19H16N6/c1-11-2-3-14-15(8-11)25-19(17-10-13(21)5-7-23-17)18(24-14)16-9-12(20)4-6-22-16/h2-10H,1H3,(H2,20,22)(H2,21,23). The van der Waals surface area contributed by atoms with E-state index in [1.807, 2.05) is 25.1 Å². The van der Waals surface area contributed by atoms with Crippen LogP contribution in [0.1, 0.15) is 5.56 Å². The van der Waals surface area contributed by atoms with E-state index in [0.29, 0.717) is 34.2 Å². The lowest BCUT2D eigenvalue weighted by Gasteiger charge is -2.10. The van der Waals surface area contributed by atoms with Crippen LogP contribution in [0.2, 0.25) is 0 Å². The van der Waals surface area contributed by atoms with E-state index in [4.69, 9.17) is 21.4 Å². The van der Waals surface area contributed by atoms with E-state index in [0.717, 1.165) is 16.6 Å². The van der Waals surface area contributed by atoms with Crippen molar-refractivity contribution in [1.29, 1.82) is 0 Å². The van der Waals surface area contributed by atoms with Crippen molar-refractivity contribution in [2.75, 3.05) is 11.5 Å². The van der Waals surface area contributed by atoms with E-state index >= 15 is 0 Å². The van der Waals surface area contributed by atoms with Crippen molar-refractivity contribution < 1.29 is 0 Å². The number of hydrogen-bond donors (Lipinski definition) is 2. The summed E-state index contributed by atoms with van der Waals surface area (Å²) in [6.07, 6.45) is 3.31. The highest BCUT2D eigenvalue weighted by Crippen LogP contribution is 2.30. The number of nitrogens with zero attached hydrogens (tertiary/aromatic N) is 4. The first kappa shape index (κ1) is 15.0. The number of anilines is 2. The second-order valence-electron chi connectivity index (χ2n) is 5.86. The smallest absolute Gasteiger partial charge is 0.117 e. The van der Waals surface area contributed by atoms with E-state index in [1.165, 1.54) is 0 Å². The Balaban J connectivity index is 2.05. The van der Waals surface area contributed by atoms with E-state index < -0.39 is 0 Å². The second kappa shape index (κ2) is 5.83. The summed E-state index contributed by atoms with van der Waals surface area (Å²) in [5.41, 5.74) is 18.3. The van der Waals surface area contributed by atoms with Gasteiger partial charge in [-0.1, -0.05) is 6.07 Å². The van der Waals surface area contributed by atoms with Crippen molar-refractivity contribution >= 4 is 22.4 Å². The zero-order valence-corrected chi connectivity index (χ0v) is 13.6. The minimum atomic E-state index is 0.613. The highest BCUT2D eigenvalue weighted by Gasteiger charge is 2.16. The van der Waals surface area contributed by atoms with Gasteiger partial charge < -0.3 is 11.5 Å². The van der Waals surface area contributed by atoms with E-state index in [2.05, 4.69) is 9.97 Å². The summed E-state index contributed by atoms with van der Waals surface area (Å²) in [5.74, 6) is 0. The Labute approximate surface area is 144 Å². The molecule has 0 fully saturated rings. The zero-order chi connectivity index (χ0) is 17.4. The lowest BCUT2D eigenvalue weighted by atomic mass is 10.1. The fourth-order valence-corrected chi connectivity index (χ4v) is 2.67. The van der Waals surface area contributed by atoms with Gasteiger partial charge in [0.2, 0.25) is 0 Å². The number of nitrogens with two attached hydrogens (primary N) is 2. The molecule has 0 atom stereocenters. The fraction of sp³-hybridized carbons (Fsp3) is 0.0526. The van der Waals surface area contributed by atoms with Gasteiger partial charge in [0.1, 0.15) is 11.4 Å². The van der Waals surface area contributed by atoms with Gasteiger partial charge >= 0.3 is 0 Å².